The van der Waals surface area contributed by atoms with Gasteiger partial charge < -0.3 is 14.0 Å². The van der Waals surface area contributed by atoms with Gasteiger partial charge in [0, 0.05) is 23.0 Å². The fourth-order valence-corrected chi connectivity index (χ4v) is 5.70. The molecule has 2 heterocycles. The topological polar surface area (TPSA) is 56.1 Å². The van der Waals surface area contributed by atoms with Crippen molar-refractivity contribution < 1.29 is 14.3 Å². The molecule has 1 aliphatic rings. The van der Waals surface area contributed by atoms with Crippen molar-refractivity contribution in [3.63, 3.8) is 0 Å². The molecule has 0 aliphatic carbocycles. The molecule has 6 heteroatoms. The summed E-state index contributed by atoms with van der Waals surface area (Å²) in [5.41, 5.74) is 7.06. The van der Waals surface area contributed by atoms with Crippen molar-refractivity contribution in [3.8, 4) is 11.4 Å². The van der Waals surface area contributed by atoms with E-state index in [2.05, 4.69) is 53.1 Å². The number of amides is 1. The molecule has 0 N–H and O–H groups in total. The molecule has 0 radical (unpaired) electrons. The first-order valence-electron chi connectivity index (χ1n) is 14.7. The minimum Gasteiger partial charge on any atom is -0.497 e. The van der Waals surface area contributed by atoms with Crippen LogP contribution in [0.5, 0.6) is 5.75 Å². The number of aromatic nitrogens is 1. The third-order valence-corrected chi connectivity index (χ3v) is 8.01. The van der Waals surface area contributed by atoms with Crippen molar-refractivity contribution in [1.29, 1.82) is 0 Å². The van der Waals surface area contributed by atoms with Gasteiger partial charge >= 0.3 is 6.02 Å². The summed E-state index contributed by atoms with van der Waals surface area (Å²) in [6.45, 7) is 2.42. The van der Waals surface area contributed by atoms with Crippen LogP contribution >= 0.6 is 0 Å². The Morgan fingerprint density at radius 2 is 1.52 bits per heavy atom. The minimum atomic E-state index is -0.211. The monoisotopic (exact) mass is 577 g/mol. The number of nitrogens with zero attached hydrogens (tertiary/aromatic N) is 3. The van der Waals surface area contributed by atoms with Crippen molar-refractivity contribution >= 4 is 45.5 Å². The second-order valence-electron chi connectivity index (χ2n) is 10.8. The summed E-state index contributed by atoms with van der Waals surface area (Å²) in [6, 6.07) is 41.0. The molecule has 7 rings (SSSR count). The Kier molecular flexibility index (Phi) is 7.16. The van der Waals surface area contributed by atoms with Gasteiger partial charge in [0.2, 0.25) is 0 Å². The number of carbonyl (C=O) groups is 1. The molecular weight excluding hydrogens is 546 g/mol. The van der Waals surface area contributed by atoms with E-state index in [-0.39, 0.29) is 17.7 Å². The van der Waals surface area contributed by atoms with Gasteiger partial charge in [0.25, 0.3) is 5.91 Å². The zero-order chi connectivity index (χ0) is 30.0. The number of aryl methyl sites for hydroxylation is 1. The van der Waals surface area contributed by atoms with Gasteiger partial charge in [-0.2, -0.15) is 4.99 Å². The quantitative estimate of drug-likeness (QED) is 0.180. The molecular formula is C38H31N3O3. The largest absolute Gasteiger partial charge is 0.497 e. The number of aliphatic imine (C=N–C) groups is 1. The summed E-state index contributed by atoms with van der Waals surface area (Å²) in [6.07, 6.45) is 2.46. The van der Waals surface area contributed by atoms with E-state index in [1.807, 2.05) is 85.8 Å². The lowest BCUT2D eigenvalue weighted by atomic mass is 10.1. The summed E-state index contributed by atoms with van der Waals surface area (Å²) >= 11 is 0. The van der Waals surface area contributed by atoms with Crippen LogP contribution in [0.15, 0.2) is 132 Å². The number of methoxy groups -OCH3 is 1. The van der Waals surface area contributed by atoms with Gasteiger partial charge in [-0.25, -0.2) is 0 Å². The lowest BCUT2D eigenvalue weighted by molar-refractivity contribution is -0.122. The number of carbonyl (C=O) groups excluding carboxylic acids is 1. The van der Waals surface area contributed by atoms with Crippen molar-refractivity contribution in [1.82, 2.24) is 9.47 Å². The molecule has 0 saturated carbocycles. The van der Waals surface area contributed by atoms with Gasteiger partial charge in [-0.1, -0.05) is 72.8 Å². The molecule has 44 heavy (non-hydrogen) atoms. The summed E-state index contributed by atoms with van der Waals surface area (Å²) in [7, 11) is 1.65. The lowest BCUT2D eigenvalue weighted by Gasteiger charge is -2.14. The van der Waals surface area contributed by atoms with Crippen LogP contribution in [0, 0.1) is 6.92 Å². The van der Waals surface area contributed by atoms with Crippen LogP contribution in [0.3, 0.4) is 0 Å². The van der Waals surface area contributed by atoms with Gasteiger partial charge in [-0.05, 0) is 84.6 Å². The van der Waals surface area contributed by atoms with E-state index in [9.17, 15) is 4.79 Å². The molecule has 1 aliphatic heterocycles. The summed E-state index contributed by atoms with van der Waals surface area (Å²) in [4.78, 5) is 20.2. The average molecular weight is 578 g/mol. The molecule has 216 valence electrons. The number of amidine groups is 1. The predicted octanol–water partition coefficient (Wildman–Crippen LogP) is 8.23. The first-order chi connectivity index (χ1) is 21.6. The SMILES string of the molecule is COc1ccc(CCN2C(=O)/C(=C\c3ccc4c(c3)c3ccccc3n4-c3ccccc3)O/C2=N\c2ccccc2C)cc1. The number of ether oxygens (including phenoxy) is 2. The molecule has 5 aromatic carbocycles. The Balaban J connectivity index is 1.26. The second kappa shape index (κ2) is 11.6. The van der Waals surface area contributed by atoms with Crippen LogP contribution in [0.4, 0.5) is 5.69 Å². The van der Waals surface area contributed by atoms with E-state index in [0.29, 0.717) is 13.0 Å². The van der Waals surface area contributed by atoms with E-state index in [4.69, 9.17) is 14.5 Å². The molecule has 1 saturated heterocycles. The van der Waals surface area contributed by atoms with E-state index in [1.165, 1.54) is 0 Å². The van der Waals surface area contributed by atoms with E-state index < -0.39 is 0 Å². The molecule has 0 spiro atoms. The number of benzene rings is 5. The summed E-state index contributed by atoms with van der Waals surface area (Å²) in [5, 5.41) is 2.25. The van der Waals surface area contributed by atoms with Gasteiger partial charge in [0.05, 0.1) is 23.8 Å². The lowest BCUT2D eigenvalue weighted by Crippen LogP contribution is -2.31. The van der Waals surface area contributed by atoms with Gasteiger partial charge in [-0.3, -0.25) is 9.69 Å². The molecule has 1 aromatic heterocycles. The second-order valence-corrected chi connectivity index (χ2v) is 10.8. The average Bonchev–Trinajstić information content (AvgIpc) is 3.54. The zero-order valence-corrected chi connectivity index (χ0v) is 24.6. The number of hydrogen-bond acceptors (Lipinski definition) is 4. The molecule has 0 atom stereocenters. The molecule has 1 fully saturated rings. The minimum absolute atomic E-state index is 0.211. The summed E-state index contributed by atoms with van der Waals surface area (Å²) < 4.78 is 13.8. The van der Waals surface area contributed by atoms with Crippen molar-refractivity contribution in [3.05, 3.63) is 144 Å². The number of rotatable bonds is 7. The highest BCUT2D eigenvalue weighted by Gasteiger charge is 2.35. The van der Waals surface area contributed by atoms with Crippen LogP contribution in [0.2, 0.25) is 0 Å². The van der Waals surface area contributed by atoms with Crippen molar-refractivity contribution in [2.45, 2.75) is 13.3 Å². The fraction of sp³-hybridized carbons (Fsp3) is 0.105. The van der Waals surface area contributed by atoms with Crippen LogP contribution in [0.25, 0.3) is 33.6 Å². The third-order valence-electron chi connectivity index (χ3n) is 8.01. The van der Waals surface area contributed by atoms with Crippen LogP contribution in [-0.2, 0) is 16.0 Å². The summed E-state index contributed by atoms with van der Waals surface area (Å²) in [5.74, 6) is 0.834. The van der Waals surface area contributed by atoms with Crippen LogP contribution in [0.1, 0.15) is 16.7 Å². The van der Waals surface area contributed by atoms with E-state index in [1.54, 1.807) is 12.0 Å². The maximum atomic E-state index is 13.8. The van der Waals surface area contributed by atoms with Crippen molar-refractivity contribution in [2.24, 2.45) is 4.99 Å². The third kappa shape index (κ3) is 5.11. The Hall–Kier alpha value is -5.62. The molecule has 1 amide bonds. The highest BCUT2D eigenvalue weighted by atomic mass is 16.5. The first kappa shape index (κ1) is 27.2. The first-order valence-corrected chi connectivity index (χ1v) is 14.7. The Labute approximate surface area is 256 Å². The van der Waals surface area contributed by atoms with E-state index in [0.717, 1.165) is 55.6 Å². The highest BCUT2D eigenvalue weighted by Crippen LogP contribution is 2.33. The fourth-order valence-electron chi connectivity index (χ4n) is 5.70. The number of fused-ring (bicyclic) bond motifs is 3. The predicted molar refractivity (Wildman–Crippen MR) is 177 cm³/mol. The maximum Gasteiger partial charge on any atom is 0.305 e. The van der Waals surface area contributed by atoms with Crippen LogP contribution < -0.4 is 4.74 Å². The van der Waals surface area contributed by atoms with Crippen molar-refractivity contribution in [2.75, 3.05) is 13.7 Å². The van der Waals surface area contributed by atoms with Crippen LogP contribution in [-0.4, -0.2) is 35.1 Å². The van der Waals surface area contributed by atoms with Gasteiger partial charge in [-0.15, -0.1) is 0 Å². The standard InChI is InChI=1S/C38H31N3O3/c1-26-10-6-8-14-33(26)39-38-40(23-22-27-16-19-30(43-2)20-17-27)37(42)36(44-38)25-28-18-21-35-32(24-28)31-13-7-9-15-34(31)41(35)29-11-4-3-5-12-29/h3-21,24-25H,22-23H2,1-2H3/b36-25+,39-38-. The molecule has 6 nitrogen and oxygen atoms in total. The van der Waals surface area contributed by atoms with E-state index >= 15 is 0 Å². The molecule has 0 unspecified atom stereocenters. The molecule has 0 bridgehead atoms. The smallest absolute Gasteiger partial charge is 0.305 e. The highest BCUT2D eigenvalue weighted by molar-refractivity contribution is 6.13. The number of para-hydroxylation sites is 3. The van der Waals surface area contributed by atoms with Gasteiger partial charge in [0.1, 0.15) is 5.75 Å². The Bertz CT molecular complexity index is 2060. The van der Waals surface area contributed by atoms with Gasteiger partial charge in [0.15, 0.2) is 5.76 Å². The number of hydrogen-bond donors (Lipinski definition) is 0. The normalized spacial score (nSPS) is 15.0. The Morgan fingerprint density at radius 3 is 2.32 bits per heavy atom. The molecule has 6 aromatic rings. The Morgan fingerprint density at radius 1 is 0.795 bits per heavy atom. The zero-order valence-electron chi connectivity index (χ0n) is 24.6. The maximum absolute atomic E-state index is 13.8.